The van der Waals surface area contributed by atoms with Crippen LogP contribution in [0.15, 0.2) is 23.1 Å². The summed E-state index contributed by atoms with van der Waals surface area (Å²) < 4.78 is 1.54. The first-order chi connectivity index (χ1) is 7.67. The summed E-state index contributed by atoms with van der Waals surface area (Å²) >= 11 is 5.49. The largest absolute Gasteiger partial charge is 0.325 e. The zero-order chi connectivity index (χ0) is 12.0. The lowest BCUT2D eigenvalue weighted by molar-refractivity contribution is -0.116. The number of carbonyl (C=O) groups excluding carboxylic acids is 1. The van der Waals surface area contributed by atoms with Crippen LogP contribution in [0.3, 0.4) is 0 Å². The Morgan fingerprint density at radius 3 is 2.88 bits per heavy atom. The van der Waals surface area contributed by atoms with Crippen molar-refractivity contribution in [3.63, 3.8) is 0 Å². The van der Waals surface area contributed by atoms with Crippen molar-refractivity contribution < 1.29 is 4.79 Å². The third kappa shape index (κ3) is 3.70. The van der Waals surface area contributed by atoms with E-state index in [4.69, 9.17) is 11.6 Å². The average Bonchev–Trinajstić information content (AvgIpc) is 2.29. The molecule has 1 rings (SSSR count). The number of aromatic nitrogens is 1. The second-order valence-corrected chi connectivity index (χ2v) is 3.76. The Hall–Kier alpha value is -1.29. The topological polar surface area (TPSA) is 51.1 Å². The summed E-state index contributed by atoms with van der Waals surface area (Å²) in [5.41, 5.74) is 0.572. The van der Waals surface area contributed by atoms with Crippen molar-refractivity contribution in [3.8, 4) is 0 Å². The van der Waals surface area contributed by atoms with Gasteiger partial charge in [-0.1, -0.05) is 0 Å². The molecule has 88 valence electrons. The maximum Gasteiger partial charge on any atom is 0.250 e. The van der Waals surface area contributed by atoms with Crippen LogP contribution in [0.5, 0.6) is 0 Å². The Balaban J connectivity index is 2.67. The number of amides is 1. The molecular formula is C11H15ClN2O2. The highest BCUT2D eigenvalue weighted by Crippen LogP contribution is 2.05. The normalized spacial score (nSPS) is 10.1. The molecule has 4 nitrogen and oxygen atoms in total. The fourth-order valence-corrected chi connectivity index (χ4v) is 1.44. The molecule has 1 heterocycles. The van der Waals surface area contributed by atoms with Gasteiger partial charge in [0.05, 0.1) is 5.69 Å². The lowest BCUT2D eigenvalue weighted by Gasteiger charge is -2.07. The predicted octanol–water partition coefficient (Wildman–Crippen LogP) is 1.83. The number of halogens is 1. The van der Waals surface area contributed by atoms with Crippen molar-refractivity contribution in [2.75, 3.05) is 11.2 Å². The first kappa shape index (κ1) is 12.8. The van der Waals surface area contributed by atoms with Gasteiger partial charge in [0.2, 0.25) is 5.91 Å². The number of anilines is 1. The molecule has 0 aliphatic rings. The highest BCUT2D eigenvalue weighted by Gasteiger charge is 2.02. The monoisotopic (exact) mass is 242 g/mol. The molecule has 0 saturated carbocycles. The number of nitrogens with zero attached hydrogens (tertiary/aromatic N) is 1. The van der Waals surface area contributed by atoms with Gasteiger partial charge in [-0.3, -0.25) is 9.59 Å². The van der Waals surface area contributed by atoms with Crippen LogP contribution >= 0.6 is 11.6 Å². The number of nitrogens with one attached hydrogen (secondary N) is 1. The summed E-state index contributed by atoms with van der Waals surface area (Å²) in [4.78, 5) is 22.7. The molecule has 1 N–H and O–H groups in total. The van der Waals surface area contributed by atoms with Crippen molar-refractivity contribution in [1.29, 1.82) is 0 Å². The minimum Gasteiger partial charge on any atom is -0.325 e. The highest BCUT2D eigenvalue weighted by molar-refractivity contribution is 6.18. The Morgan fingerprint density at radius 2 is 2.25 bits per heavy atom. The highest BCUT2D eigenvalue weighted by atomic mass is 35.5. The predicted molar refractivity (Wildman–Crippen MR) is 65.0 cm³/mol. The smallest absolute Gasteiger partial charge is 0.250 e. The van der Waals surface area contributed by atoms with E-state index in [-0.39, 0.29) is 11.5 Å². The molecule has 0 fully saturated rings. The van der Waals surface area contributed by atoms with Crippen LogP contribution in [0, 0.1) is 0 Å². The van der Waals surface area contributed by atoms with Gasteiger partial charge in [-0.05, 0) is 19.4 Å². The van der Waals surface area contributed by atoms with E-state index in [9.17, 15) is 9.59 Å². The van der Waals surface area contributed by atoms with Crippen molar-refractivity contribution in [3.05, 3.63) is 28.7 Å². The molecule has 0 bridgehead atoms. The summed E-state index contributed by atoms with van der Waals surface area (Å²) in [6.07, 6.45) is 2.69. The van der Waals surface area contributed by atoms with Gasteiger partial charge in [-0.25, -0.2) is 0 Å². The first-order valence-corrected chi connectivity index (χ1v) is 5.77. The molecule has 1 aromatic heterocycles. The van der Waals surface area contributed by atoms with Gasteiger partial charge >= 0.3 is 0 Å². The van der Waals surface area contributed by atoms with E-state index in [2.05, 4.69) is 5.32 Å². The van der Waals surface area contributed by atoms with Crippen LogP contribution in [0.1, 0.15) is 19.8 Å². The molecule has 0 radical (unpaired) electrons. The third-order valence-corrected chi connectivity index (χ3v) is 2.41. The standard InChI is InChI=1S/C11H15ClN2O2/c1-2-14-8-9(5-6-11(14)16)13-10(15)4-3-7-12/h5-6,8H,2-4,7H2,1H3,(H,13,15). The van der Waals surface area contributed by atoms with Crippen LogP contribution in [0.4, 0.5) is 5.69 Å². The van der Waals surface area contributed by atoms with Crippen molar-refractivity contribution in [2.24, 2.45) is 0 Å². The molecule has 0 spiro atoms. The van der Waals surface area contributed by atoms with Gasteiger partial charge in [-0.15, -0.1) is 11.6 Å². The number of hydrogen-bond acceptors (Lipinski definition) is 2. The first-order valence-electron chi connectivity index (χ1n) is 5.23. The average molecular weight is 243 g/mol. The van der Waals surface area contributed by atoms with E-state index in [1.165, 1.54) is 10.6 Å². The molecule has 0 saturated heterocycles. The van der Waals surface area contributed by atoms with E-state index in [1.807, 2.05) is 6.92 Å². The Bertz CT molecular complexity index is 415. The summed E-state index contributed by atoms with van der Waals surface area (Å²) in [6, 6.07) is 3.05. The van der Waals surface area contributed by atoms with Crippen LogP contribution < -0.4 is 10.9 Å². The molecule has 16 heavy (non-hydrogen) atoms. The summed E-state index contributed by atoms with van der Waals surface area (Å²) in [5.74, 6) is 0.393. The Kier molecular flexibility index (Phi) is 5.05. The van der Waals surface area contributed by atoms with Crippen LogP contribution in [0.2, 0.25) is 0 Å². The Morgan fingerprint density at radius 1 is 1.50 bits per heavy atom. The molecule has 1 amide bonds. The zero-order valence-corrected chi connectivity index (χ0v) is 9.96. The number of alkyl halides is 1. The van der Waals surface area contributed by atoms with Gasteiger partial charge in [0.25, 0.3) is 5.56 Å². The zero-order valence-electron chi connectivity index (χ0n) is 9.20. The molecule has 5 heteroatoms. The van der Waals surface area contributed by atoms with E-state index in [1.54, 1.807) is 12.3 Å². The van der Waals surface area contributed by atoms with Crippen LogP contribution in [-0.2, 0) is 11.3 Å². The minimum absolute atomic E-state index is 0.0683. The summed E-state index contributed by atoms with van der Waals surface area (Å²) in [5, 5.41) is 2.72. The van der Waals surface area contributed by atoms with Gasteiger partial charge in [0, 0.05) is 31.1 Å². The molecule has 1 aromatic rings. The van der Waals surface area contributed by atoms with Crippen molar-refractivity contribution in [1.82, 2.24) is 4.57 Å². The molecule has 0 aliphatic heterocycles. The number of rotatable bonds is 5. The van der Waals surface area contributed by atoms with Gasteiger partial charge in [0.1, 0.15) is 0 Å². The fourth-order valence-electron chi connectivity index (χ4n) is 1.30. The van der Waals surface area contributed by atoms with Crippen LogP contribution in [-0.4, -0.2) is 16.4 Å². The van der Waals surface area contributed by atoms with E-state index >= 15 is 0 Å². The van der Waals surface area contributed by atoms with Gasteiger partial charge in [0.15, 0.2) is 0 Å². The SMILES string of the molecule is CCn1cc(NC(=O)CCCCl)ccc1=O. The summed E-state index contributed by atoms with van der Waals surface area (Å²) in [6.45, 7) is 2.46. The van der Waals surface area contributed by atoms with Crippen molar-refractivity contribution in [2.45, 2.75) is 26.3 Å². The number of hydrogen-bond donors (Lipinski definition) is 1. The quantitative estimate of drug-likeness (QED) is 0.801. The molecule has 0 unspecified atom stereocenters. The molecule has 0 atom stereocenters. The van der Waals surface area contributed by atoms with Gasteiger partial charge in [-0.2, -0.15) is 0 Å². The third-order valence-electron chi connectivity index (χ3n) is 2.15. The summed E-state index contributed by atoms with van der Waals surface area (Å²) in [7, 11) is 0. The Labute approximate surface area is 99.2 Å². The minimum atomic E-state index is -0.0815. The fraction of sp³-hybridized carbons (Fsp3) is 0.455. The molecule has 0 aliphatic carbocycles. The molecular weight excluding hydrogens is 228 g/mol. The lowest BCUT2D eigenvalue weighted by Crippen LogP contribution is -2.19. The van der Waals surface area contributed by atoms with E-state index in [0.717, 1.165) is 0 Å². The number of aryl methyl sites for hydroxylation is 1. The maximum absolute atomic E-state index is 11.4. The van der Waals surface area contributed by atoms with Gasteiger partial charge < -0.3 is 9.88 Å². The lowest BCUT2D eigenvalue weighted by atomic mass is 10.3. The second kappa shape index (κ2) is 6.33. The molecule has 0 aromatic carbocycles. The van der Waals surface area contributed by atoms with E-state index < -0.39 is 0 Å². The van der Waals surface area contributed by atoms with E-state index in [0.29, 0.717) is 31.0 Å². The van der Waals surface area contributed by atoms with Crippen molar-refractivity contribution >= 4 is 23.2 Å². The maximum atomic E-state index is 11.4. The number of carbonyl (C=O) groups is 1. The second-order valence-electron chi connectivity index (χ2n) is 3.38. The van der Waals surface area contributed by atoms with Crippen LogP contribution in [0.25, 0.3) is 0 Å². The number of pyridine rings is 1.